The molecule has 106 valence electrons. The molecule has 0 fully saturated rings. The summed E-state index contributed by atoms with van der Waals surface area (Å²) in [6, 6.07) is 7.38. The van der Waals surface area contributed by atoms with Crippen molar-refractivity contribution in [2.24, 2.45) is 5.41 Å². The quantitative estimate of drug-likeness (QED) is 0.779. The van der Waals surface area contributed by atoms with E-state index in [1.165, 1.54) is 6.20 Å². The van der Waals surface area contributed by atoms with E-state index in [2.05, 4.69) is 10.3 Å². The summed E-state index contributed by atoms with van der Waals surface area (Å²) in [6.45, 7) is 4.30. The predicted molar refractivity (Wildman–Crippen MR) is 78.1 cm³/mol. The van der Waals surface area contributed by atoms with Crippen molar-refractivity contribution < 1.29 is 15.0 Å². The van der Waals surface area contributed by atoms with Crippen molar-refractivity contribution in [3.63, 3.8) is 0 Å². The molecule has 0 aliphatic rings. The van der Waals surface area contributed by atoms with Crippen LogP contribution in [-0.2, 0) is 0 Å². The third-order valence-corrected chi connectivity index (χ3v) is 3.18. The van der Waals surface area contributed by atoms with Gasteiger partial charge in [0.1, 0.15) is 5.56 Å². The fourth-order valence-corrected chi connectivity index (χ4v) is 1.88. The highest BCUT2D eigenvalue weighted by molar-refractivity contribution is 6.04. The van der Waals surface area contributed by atoms with Gasteiger partial charge in [-0.3, -0.25) is 4.98 Å². The number of hydrogen-bond acceptors (Lipinski definition) is 4. The molecule has 5 nitrogen and oxygen atoms in total. The number of fused-ring (bicyclic) bond motifs is 1. The Labute approximate surface area is 117 Å². The number of pyridine rings is 1. The van der Waals surface area contributed by atoms with Crippen LogP contribution in [0.3, 0.4) is 0 Å². The second kappa shape index (κ2) is 5.46. The van der Waals surface area contributed by atoms with Gasteiger partial charge >= 0.3 is 5.97 Å². The molecule has 1 heterocycles. The van der Waals surface area contributed by atoms with Gasteiger partial charge in [-0.25, -0.2) is 4.79 Å². The number of aliphatic hydroxyl groups is 1. The van der Waals surface area contributed by atoms with Gasteiger partial charge in [0.25, 0.3) is 0 Å². The molecule has 5 heteroatoms. The average Bonchev–Trinajstić information content (AvgIpc) is 2.44. The second-order valence-corrected chi connectivity index (χ2v) is 5.55. The zero-order chi connectivity index (χ0) is 14.8. The average molecular weight is 274 g/mol. The molecule has 0 saturated carbocycles. The van der Waals surface area contributed by atoms with E-state index in [1.807, 2.05) is 38.1 Å². The molecule has 0 aliphatic carbocycles. The van der Waals surface area contributed by atoms with Crippen LogP contribution in [0.5, 0.6) is 0 Å². The van der Waals surface area contributed by atoms with E-state index in [0.717, 1.165) is 10.9 Å². The fraction of sp³-hybridized carbons (Fsp3) is 0.333. The lowest BCUT2D eigenvalue weighted by atomic mass is 9.94. The van der Waals surface area contributed by atoms with Crippen molar-refractivity contribution in [2.75, 3.05) is 18.5 Å². The number of carboxylic acid groups (broad SMARTS) is 1. The Hall–Kier alpha value is -2.14. The van der Waals surface area contributed by atoms with Gasteiger partial charge in [-0.2, -0.15) is 0 Å². The molecule has 0 aliphatic heterocycles. The minimum atomic E-state index is -1.02. The summed E-state index contributed by atoms with van der Waals surface area (Å²) < 4.78 is 0. The number of rotatable bonds is 5. The number of para-hydroxylation sites is 1. The van der Waals surface area contributed by atoms with E-state index in [1.54, 1.807) is 0 Å². The second-order valence-electron chi connectivity index (χ2n) is 5.55. The summed E-state index contributed by atoms with van der Waals surface area (Å²) >= 11 is 0. The molecule has 0 atom stereocenters. The first-order chi connectivity index (χ1) is 9.44. The highest BCUT2D eigenvalue weighted by atomic mass is 16.4. The topological polar surface area (TPSA) is 82.5 Å². The lowest BCUT2D eigenvalue weighted by Crippen LogP contribution is -2.27. The zero-order valence-corrected chi connectivity index (χ0v) is 11.6. The molecule has 1 aromatic carbocycles. The van der Waals surface area contributed by atoms with Gasteiger partial charge in [-0.05, 0) is 6.07 Å². The molecule has 1 aromatic heterocycles. The van der Waals surface area contributed by atoms with Crippen molar-refractivity contribution in [1.29, 1.82) is 0 Å². The molecule has 0 saturated heterocycles. The number of hydrogen-bond donors (Lipinski definition) is 3. The molecule has 20 heavy (non-hydrogen) atoms. The van der Waals surface area contributed by atoms with Crippen molar-refractivity contribution in [2.45, 2.75) is 13.8 Å². The Bertz CT molecular complexity index is 638. The first kappa shape index (κ1) is 14.3. The van der Waals surface area contributed by atoms with Gasteiger partial charge in [-0.1, -0.05) is 32.0 Å². The van der Waals surface area contributed by atoms with Crippen molar-refractivity contribution in [3.05, 3.63) is 36.0 Å². The highest BCUT2D eigenvalue weighted by Crippen LogP contribution is 2.27. The van der Waals surface area contributed by atoms with Crippen LogP contribution in [-0.4, -0.2) is 34.3 Å². The summed E-state index contributed by atoms with van der Waals surface area (Å²) in [7, 11) is 0. The molecule has 0 radical (unpaired) electrons. The maximum atomic E-state index is 11.3. The van der Waals surface area contributed by atoms with Gasteiger partial charge < -0.3 is 15.5 Å². The standard InChI is InChI=1S/C15H18N2O3/c1-15(2,9-18)8-17-13-10-5-3-4-6-12(10)16-7-11(13)14(19)20/h3-7,18H,8-9H2,1-2H3,(H,16,17)(H,19,20). The van der Waals surface area contributed by atoms with Gasteiger partial charge in [0, 0.05) is 30.1 Å². The highest BCUT2D eigenvalue weighted by Gasteiger charge is 2.19. The smallest absolute Gasteiger partial charge is 0.339 e. The summed E-state index contributed by atoms with van der Waals surface area (Å²) in [5.41, 5.74) is 1.09. The van der Waals surface area contributed by atoms with Crippen LogP contribution in [0.2, 0.25) is 0 Å². The lowest BCUT2D eigenvalue weighted by molar-refractivity contribution is 0.0697. The summed E-state index contributed by atoms with van der Waals surface area (Å²) in [4.78, 5) is 15.5. The number of nitrogens with one attached hydrogen (secondary N) is 1. The molecule has 0 bridgehead atoms. The molecule has 3 N–H and O–H groups in total. The van der Waals surface area contributed by atoms with Gasteiger partial charge in [0.05, 0.1) is 11.2 Å². The van der Waals surface area contributed by atoms with E-state index in [0.29, 0.717) is 12.2 Å². The minimum absolute atomic E-state index is 0.0193. The monoisotopic (exact) mass is 274 g/mol. The Morgan fingerprint density at radius 2 is 2.05 bits per heavy atom. The van der Waals surface area contributed by atoms with Crippen molar-refractivity contribution >= 4 is 22.6 Å². The normalized spacial score (nSPS) is 11.6. The maximum Gasteiger partial charge on any atom is 0.339 e. The van der Waals surface area contributed by atoms with Crippen LogP contribution in [0.4, 0.5) is 5.69 Å². The summed E-state index contributed by atoms with van der Waals surface area (Å²) in [5.74, 6) is -1.02. The van der Waals surface area contributed by atoms with Crippen LogP contribution in [0.1, 0.15) is 24.2 Å². The molecule has 0 unspecified atom stereocenters. The van der Waals surface area contributed by atoms with E-state index in [9.17, 15) is 15.0 Å². The zero-order valence-electron chi connectivity index (χ0n) is 11.6. The molecule has 0 amide bonds. The van der Waals surface area contributed by atoms with Gasteiger partial charge in [-0.15, -0.1) is 0 Å². The van der Waals surface area contributed by atoms with Gasteiger partial charge in [0.2, 0.25) is 0 Å². The van der Waals surface area contributed by atoms with Crippen LogP contribution >= 0.6 is 0 Å². The molecule has 2 aromatic rings. The Morgan fingerprint density at radius 3 is 2.70 bits per heavy atom. The number of anilines is 1. The molecule has 2 rings (SSSR count). The van der Waals surface area contributed by atoms with Crippen LogP contribution in [0, 0.1) is 5.41 Å². The van der Waals surface area contributed by atoms with E-state index in [4.69, 9.17) is 0 Å². The van der Waals surface area contributed by atoms with Crippen LogP contribution in [0.15, 0.2) is 30.5 Å². The van der Waals surface area contributed by atoms with Crippen molar-refractivity contribution in [3.8, 4) is 0 Å². The third kappa shape index (κ3) is 2.88. The number of carboxylic acids is 1. The fourth-order valence-electron chi connectivity index (χ4n) is 1.88. The number of aliphatic hydroxyl groups excluding tert-OH is 1. The van der Waals surface area contributed by atoms with E-state index < -0.39 is 5.97 Å². The SMILES string of the molecule is CC(C)(CO)CNc1c(C(=O)O)cnc2ccccc12. The third-order valence-electron chi connectivity index (χ3n) is 3.18. The van der Waals surface area contributed by atoms with E-state index in [-0.39, 0.29) is 17.6 Å². The number of aromatic carboxylic acids is 1. The molecular formula is C15H18N2O3. The minimum Gasteiger partial charge on any atom is -0.478 e. The Kier molecular flexibility index (Phi) is 3.90. The number of benzene rings is 1. The van der Waals surface area contributed by atoms with E-state index >= 15 is 0 Å². The first-order valence-corrected chi connectivity index (χ1v) is 6.40. The first-order valence-electron chi connectivity index (χ1n) is 6.40. The number of aromatic nitrogens is 1. The largest absolute Gasteiger partial charge is 0.478 e. The molecule has 0 spiro atoms. The number of nitrogens with zero attached hydrogens (tertiary/aromatic N) is 1. The molecular weight excluding hydrogens is 256 g/mol. The summed E-state index contributed by atoms with van der Waals surface area (Å²) in [5, 5.41) is 22.5. The number of carbonyl (C=O) groups is 1. The Balaban J connectivity index is 2.47. The van der Waals surface area contributed by atoms with Gasteiger partial charge in [0.15, 0.2) is 0 Å². The predicted octanol–water partition coefficient (Wildman–Crippen LogP) is 2.36. The Morgan fingerprint density at radius 1 is 1.35 bits per heavy atom. The van der Waals surface area contributed by atoms with Crippen molar-refractivity contribution in [1.82, 2.24) is 4.98 Å². The summed E-state index contributed by atoms with van der Waals surface area (Å²) in [6.07, 6.45) is 1.36. The van der Waals surface area contributed by atoms with Crippen LogP contribution in [0.25, 0.3) is 10.9 Å². The van der Waals surface area contributed by atoms with Crippen LogP contribution < -0.4 is 5.32 Å². The lowest BCUT2D eigenvalue weighted by Gasteiger charge is -2.23. The maximum absolute atomic E-state index is 11.3.